The molecule has 9 nitrogen and oxygen atoms in total. The van der Waals surface area contributed by atoms with Crippen LogP contribution in [-0.4, -0.2) is 93.0 Å². The second-order valence-electron chi connectivity index (χ2n) is 12.1. The van der Waals surface area contributed by atoms with Crippen molar-refractivity contribution in [2.75, 3.05) is 20.2 Å². The molecule has 3 saturated heterocycles. The minimum Gasteiger partial charge on any atom is -0.481 e. The third-order valence-electron chi connectivity index (χ3n) is 8.45. The first-order valence-corrected chi connectivity index (χ1v) is 14.1. The molecule has 0 spiro atoms. The van der Waals surface area contributed by atoms with Crippen molar-refractivity contribution >= 4 is 11.8 Å². The zero-order valence-electron chi connectivity index (χ0n) is 23.7. The van der Waals surface area contributed by atoms with Gasteiger partial charge in [0.15, 0.2) is 5.82 Å². The van der Waals surface area contributed by atoms with Gasteiger partial charge in [0, 0.05) is 48.8 Å². The molecule has 0 saturated carbocycles. The number of aromatic nitrogens is 3. The normalized spacial score (nSPS) is 26.8. The Kier molecular flexibility index (Phi) is 8.20. The van der Waals surface area contributed by atoms with Crippen LogP contribution in [0, 0.1) is 11.7 Å². The maximum atomic E-state index is 14.4. The standard InChI is InChI=1S/C28H35F5N6O3/c1-27(2,30)14-38-13-16(4-7-23(38)28(31,32)33)35-25(40)15-8-17-5-6-18(9-15)39(17)26(41)22-11-21(36-37-22)19-10-24(42-3)34-12-20(19)29/h10-12,15-18,23H,4-9,13-14H2,1-3H3,(H,35,40)(H,36,37)/t15?,16-,17-,18+,23+/m0/s1. The summed E-state index contributed by atoms with van der Waals surface area (Å²) in [4.78, 5) is 33.4. The summed E-state index contributed by atoms with van der Waals surface area (Å²) in [6.45, 7) is 2.02. The Morgan fingerprint density at radius 2 is 1.79 bits per heavy atom. The van der Waals surface area contributed by atoms with Gasteiger partial charge in [-0.25, -0.2) is 13.8 Å². The predicted molar refractivity (Wildman–Crippen MR) is 142 cm³/mol. The zero-order valence-corrected chi connectivity index (χ0v) is 23.7. The minimum atomic E-state index is -4.48. The molecular formula is C28H35F5N6O3. The maximum Gasteiger partial charge on any atom is 0.404 e. The van der Waals surface area contributed by atoms with E-state index in [2.05, 4.69) is 20.5 Å². The molecule has 5 rings (SSSR count). The number of likely N-dealkylation sites (tertiary alicyclic amines) is 1. The third kappa shape index (κ3) is 6.37. The fourth-order valence-corrected chi connectivity index (χ4v) is 6.67. The molecule has 3 aliphatic rings. The molecule has 0 radical (unpaired) electrons. The number of nitrogens with one attached hydrogen (secondary N) is 2. The molecule has 2 N–H and O–H groups in total. The highest BCUT2D eigenvalue weighted by Crippen LogP contribution is 2.40. The van der Waals surface area contributed by atoms with Gasteiger partial charge in [0.1, 0.15) is 17.4 Å². The van der Waals surface area contributed by atoms with Gasteiger partial charge in [0.05, 0.1) is 19.0 Å². The van der Waals surface area contributed by atoms with Gasteiger partial charge < -0.3 is 15.0 Å². The van der Waals surface area contributed by atoms with Crippen LogP contribution >= 0.6 is 0 Å². The lowest BCUT2D eigenvalue weighted by atomic mass is 9.88. The SMILES string of the molecule is COc1cc(-c2cc(C(=O)N3[C@@H]4CC[C@H]3CC(C(=O)N[C@H]3CC[C@H](C(F)(F)F)N(CC(C)(C)F)C3)C4)[nH]n2)c(F)cn1. The minimum absolute atomic E-state index is 0.0838. The summed E-state index contributed by atoms with van der Waals surface area (Å²) in [5.41, 5.74) is -1.27. The maximum absolute atomic E-state index is 14.4. The first kappa shape index (κ1) is 30.2. The predicted octanol–water partition coefficient (Wildman–Crippen LogP) is 4.26. The van der Waals surface area contributed by atoms with Gasteiger partial charge in [0.25, 0.3) is 5.91 Å². The summed E-state index contributed by atoms with van der Waals surface area (Å²) in [6.07, 6.45) is -1.26. The van der Waals surface area contributed by atoms with Gasteiger partial charge in [0.2, 0.25) is 11.8 Å². The second kappa shape index (κ2) is 11.4. The number of ether oxygens (including phenoxy) is 1. The molecule has 2 aromatic heterocycles. The Labute approximate surface area is 240 Å². The van der Waals surface area contributed by atoms with Crippen molar-refractivity contribution in [3.05, 3.63) is 29.8 Å². The second-order valence-corrected chi connectivity index (χ2v) is 12.1. The topological polar surface area (TPSA) is 103 Å². The van der Waals surface area contributed by atoms with Gasteiger partial charge in [-0.3, -0.25) is 19.6 Å². The smallest absolute Gasteiger partial charge is 0.404 e. The van der Waals surface area contributed by atoms with E-state index in [0.29, 0.717) is 25.7 Å². The van der Waals surface area contributed by atoms with E-state index >= 15 is 0 Å². The Bertz CT molecular complexity index is 1300. The van der Waals surface area contributed by atoms with Gasteiger partial charge in [-0.05, 0) is 58.4 Å². The number of alkyl halides is 4. The van der Waals surface area contributed by atoms with Crippen molar-refractivity contribution in [2.24, 2.45) is 5.92 Å². The number of carbonyl (C=O) groups excluding carboxylic acids is 2. The lowest BCUT2D eigenvalue weighted by Gasteiger charge is -2.43. The number of carbonyl (C=O) groups is 2. The first-order chi connectivity index (χ1) is 19.7. The number of hydrogen-bond donors (Lipinski definition) is 2. The summed E-state index contributed by atoms with van der Waals surface area (Å²) in [5.74, 6) is -1.35. The molecule has 42 heavy (non-hydrogen) atoms. The van der Waals surface area contributed by atoms with Crippen LogP contribution in [0.5, 0.6) is 5.88 Å². The summed E-state index contributed by atoms with van der Waals surface area (Å²) in [6, 6.07) is 0.209. The fraction of sp³-hybridized carbons (Fsp3) is 0.643. The molecule has 3 fully saturated rings. The number of halogens is 5. The van der Waals surface area contributed by atoms with E-state index in [1.165, 1.54) is 33.1 Å². The van der Waals surface area contributed by atoms with Crippen LogP contribution in [-0.2, 0) is 4.79 Å². The highest BCUT2D eigenvalue weighted by molar-refractivity contribution is 5.94. The number of aromatic amines is 1. The van der Waals surface area contributed by atoms with E-state index in [1.807, 2.05) is 0 Å². The summed E-state index contributed by atoms with van der Waals surface area (Å²) in [7, 11) is 1.41. The highest BCUT2D eigenvalue weighted by Gasteiger charge is 2.49. The molecule has 3 aliphatic heterocycles. The number of amides is 2. The van der Waals surface area contributed by atoms with Crippen molar-refractivity contribution in [2.45, 2.75) is 88.4 Å². The van der Waals surface area contributed by atoms with Crippen LogP contribution in [0.1, 0.15) is 62.9 Å². The van der Waals surface area contributed by atoms with E-state index in [9.17, 15) is 31.5 Å². The number of methoxy groups -OCH3 is 1. The van der Waals surface area contributed by atoms with Crippen molar-refractivity contribution in [1.29, 1.82) is 0 Å². The molecule has 14 heteroatoms. The third-order valence-corrected chi connectivity index (χ3v) is 8.45. The first-order valence-electron chi connectivity index (χ1n) is 14.1. The van der Waals surface area contributed by atoms with Crippen molar-refractivity contribution in [3.8, 4) is 17.1 Å². The lowest BCUT2D eigenvalue weighted by Crippen LogP contribution is -2.59. The van der Waals surface area contributed by atoms with Crippen molar-refractivity contribution < 1.29 is 36.3 Å². The average Bonchev–Trinajstić information content (AvgIpc) is 3.49. The number of piperidine rings is 2. The van der Waals surface area contributed by atoms with Gasteiger partial charge in [-0.1, -0.05) is 0 Å². The highest BCUT2D eigenvalue weighted by atomic mass is 19.4. The summed E-state index contributed by atoms with van der Waals surface area (Å²) < 4.78 is 74.5. The Morgan fingerprint density at radius 3 is 2.40 bits per heavy atom. The number of nitrogens with zero attached hydrogens (tertiary/aromatic N) is 4. The van der Waals surface area contributed by atoms with Gasteiger partial charge >= 0.3 is 6.18 Å². The number of H-pyrrole nitrogens is 1. The van der Waals surface area contributed by atoms with Gasteiger partial charge in [-0.15, -0.1) is 0 Å². The lowest BCUT2D eigenvalue weighted by molar-refractivity contribution is -0.196. The van der Waals surface area contributed by atoms with Crippen LogP contribution < -0.4 is 10.1 Å². The molecule has 0 aliphatic carbocycles. The molecule has 0 aromatic carbocycles. The number of hydrogen-bond acceptors (Lipinski definition) is 6. The number of fused-ring (bicyclic) bond motifs is 2. The largest absolute Gasteiger partial charge is 0.481 e. The monoisotopic (exact) mass is 598 g/mol. The molecule has 2 bridgehead atoms. The van der Waals surface area contributed by atoms with Crippen LogP contribution in [0.4, 0.5) is 22.0 Å². The van der Waals surface area contributed by atoms with Crippen LogP contribution in [0.15, 0.2) is 18.3 Å². The molecule has 230 valence electrons. The van der Waals surface area contributed by atoms with Crippen LogP contribution in [0.2, 0.25) is 0 Å². The Hall–Kier alpha value is -3.29. The quantitative estimate of drug-likeness (QED) is 0.462. The molecule has 5 atom stereocenters. The number of rotatable bonds is 7. The molecule has 5 heterocycles. The molecule has 2 amide bonds. The van der Waals surface area contributed by atoms with E-state index in [4.69, 9.17) is 4.74 Å². The van der Waals surface area contributed by atoms with E-state index in [-0.39, 0.29) is 72.7 Å². The average molecular weight is 599 g/mol. The molecule has 2 aromatic rings. The van der Waals surface area contributed by atoms with E-state index < -0.39 is 35.7 Å². The summed E-state index contributed by atoms with van der Waals surface area (Å²) >= 11 is 0. The fourth-order valence-electron chi connectivity index (χ4n) is 6.67. The molecular weight excluding hydrogens is 563 g/mol. The van der Waals surface area contributed by atoms with Crippen molar-refractivity contribution in [1.82, 2.24) is 30.3 Å². The van der Waals surface area contributed by atoms with Crippen LogP contribution in [0.3, 0.4) is 0 Å². The van der Waals surface area contributed by atoms with E-state index in [1.54, 1.807) is 4.90 Å². The van der Waals surface area contributed by atoms with Crippen LogP contribution in [0.25, 0.3) is 11.3 Å². The van der Waals surface area contributed by atoms with Gasteiger partial charge in [-0.2, -0.15) is 18.3 Å². The summed E-state index contributed by atoms with van der Waals surface area (Å²) in [5, 5.41) is 9.72. The Balaban J connectivity index is 1.22. The molecule has 1 unspecified atom stereocenters. The Morgan fingerprint density at radius 1 is 1.10 bits per heavy atom. The zero-order chi connectivity index (χ0) is 30.4. The van der Waals surface area contributed by atoms with Crippen molar-refractivity contribution in [3.63, 3.8) is 0 Å². The van der Waals surface area contributed by atoms with E-state index in [0.717, 1.165) is 11.1 Å². The number of pyridine rings is 1.